The van der Waals surface area contributed by atoms with Gasteiger partial charge in [0.05, 0.1) is 13.7 Å². The van der Waals surface area contributed by atoms with E-state index in [0.717, 1.165) is 63.9 Å². The molecule has 0 aliphatic carbocycles. The van der Waals surface area contributed by atoms with Crippen molar-refractivity contribution in [2.75, 3.05) is 20.3 Å². The van der Waals surface area contributed by atoms with Crippen molar-refractivity contribution >= 4 is 10.9 Å². The number of methoxy groups -OCH3 is 1. The maximum atomic E-state index is 12.8. The van der Waals surface area contributed by atoms with E-state index in [2.05, 4.69) is 33.5 Å². The van der Waals surface area contributed by atoms with E-state index in [9.17, 15) is 4.79 Å². The number of aryl methyl sites for hydroxylation is 1. The molecule has 0 spiro atoms. The van der Waals surface area contributed by atoms with Crippen molar-refractivity contribution in [3.8, 4) is 17.0 Å². The molecule has 2 aliphatic heterocycles. The van der Waals surface area contributed by atoms with Crippen LogP contribution in [0.4, 0.5) is 0 Å². The molecule has 1 unspecified atom stereocenters. The Balaban J connectivity index is 0.000000601. The van der Waals surface area contributed by atoms with Gasteiger partial charge in [0.1, 0.15) is 0 Å². The van der Waals surface area contributed by atoms with E-state index in [1.807, 2.05) is 20.0 Å². The number of aromatic amines is 1. The minimum absolute atomic E-state index is 0.000631. The van der Waals surface area contributed by atoms with Crippen molar-refractivity contribution < 1.29 is 19.8 Å². The number of nitrogens with one attached hydrogen (secondary N) is 2. The lowest BCUT2D eigenvalue weighted by Crippen LogP contribution is -2.22. The third-order valence-corrected chi connectivity index (χ3v) is 6.35. The topological polar surface area (TPSA) is 140 Å². The van der Waals surface area contributed by atoms with Crippen molar-refractivity contribution in [2.45, 2.75) is 32.9 Å². The lowest BCUT2D eigenvalue weighted by Gasteiger charge is -2.20. The molecule has 4 heterocycles. The van der Waals surface area contributed by atoms with Gasteiger partial charge in [0.2, 0.25) is 5.88 Å². The second-order valence-corrected chi connectivity index (χ2v) is 8.28. The Kier molecular flexibility index (Phi) is 6.30. The first-order chi connectivity index (χ1) is 15.8. The number of aromatic nitrogens is 2. The molecule has 5 rings (SSSR count). The zero-order valence-corrected chi connectivity index (χ0v) is 18.7. The summed E-state index contributed by atoms with van der Waals surface area (Å²) in [5.74, 6) is 1.04. The fourth-order valence-electron chi connectivity index (χ4n) is 4.95. The van der Waals surface area contributed by atoms with Crippen LogP contribution in [-0.4, -0.2) is 40.6 Å². The van der Waals surface area contributed by atoms with Gasteiger partial charge in [0.15, 0.2) is 0 Å². The van der Waals surface area contributed by atoms with Crippen LogP contribution >= 0.6 is 0 Å². The van der Waals surface area contributed by atoms with E-state index in [1.54, 1.807) is 7.11 Å². The van der Waals surface area contributed by atoms with Gasteiger partial charge < -0.3 is 25.0 Å². The minimum atomic E-state index is -1.50. The minimum Gasteiger partial charge on any atom is -0.481 e. The van der Waals surface area contributed by atoms with Gasteiger partial charge >= 0.3 is 0 Å². The van der Waals surface area contributed by atoms with Crippen LogP contribution in [0, 0.1) is 29.9 Å². The summed E-state index contributed by atoms with van der Waals surface area (Å²) in [7, 11) is 1.63. The molecule has 3 aromatic rings. The predicted octanol–water partition coefficient (Wildman–Crippen LogP) is 3.05. The molecule has 0 saturated carbocycles. The van der Waals surface area contributed by atoms with Crippen LogP contribution in [0.15, 0.2) is 29.2 Å². The molecule has 0 radical (unpaired) electrons. The second kappa shape index (κ2) is 9.16. The number of nitrogens with zero attached hydrogens (tertiary/aromatic N) is 2. The number of H-pyrrole nitrogens is 1. The molecular formula is C23H26N4O6. The molecule has 1 saturated heterocycles. The van der Waals surface area contributed by atoms with E-state index >= 15 is 0 Å². The highest BCUT2D eigenvalue weighted by Gasteiger charge is 2.34. The highest BCUT2D eigenvalue weighted by molar-refractivity contribution is 5.89. The highest BCUT2D eigenvalue weighted by atomic mass is 16.9. The van der Waals surface area contributed by atoms with Crippen LogP contribution in [0.25, 0.3) is 22.0 Å². The van der Waals surface area contributed by atoms with Gasteiger partial charge in [-0.1, -0.05) is 12.1 Å². The average molecular weight is 454 g/mol. The summed E-state index contributed by atoms with van der Waals surface area (Å²) in [5.41, 5.74) is 7.10. The number of benzene rings is 1. The molecule has 174 valence electrons. The van der Waals surface area contributed by atoms with Crippen LogP contribution < -0.4 is 15.6 Å². The van der Waals surface area contributed by atoms with Gasteiger partial charge in [-0.25, -0.2) is 4.98 Å². The van der Waals surface area contributed by atoms with Gasteiger partial charge in [0.25, 0.3) is 10.6 Å². The largest absolute Gasteiger partial charge is 0.481 e. The zero-order chi connectivity index (χ0) is 23.7. The summed E-state index contributed by atoms with van der Waals surface area (Å²) in [5, 5.41) is 18.3. The Morgan fingerprint density at radius 3 is 2.76 bits per heavy atom. The maximum absolute atomic E-state index is 12.8. The van der Waals surface area contributed by atoms with Gasteiger partial charge in [-0.3, -0.25) is 4.79 Å². The van der Waals surface area contributed by atoms with Crippen molar-refractivity contribution in [3.63, 3.8) is 0 Å². The quantitative estimate of drug-likeness (QED) is 0.405. The Morgan fingerprint density at radius 2 is 2.09 bits per heavy atom. The van der Waals surface area contributed by atoms with E-state index in [-0.39, 0.29) is 11.6 Å². The molecule has 0 amide bonds. The number of ether oxygens (including phenoxy) is 2. The summed E-state index contributed by atoms with van der Waals surface area (Å²) < 4.78 is 11.0. The number of rotatable bonds is 3. The molecular weight excluding hydrogens is 428 g/mol. The summed E-state index contributed by atoms with van der Waals surface area (Å²) in [4.78, 5) is 28.6. The van der Waals surface area contributed by atoms with Crippen molar-refractivity contribution in [3.05, 3.63) is 67.1 Å². The molecule has 10 heteroatoms. The molecule has 1 fully saturated rings. The number of hydrogen-bond donors (Lipinski definition) is 3. The summed E-state index contributed by atoms with van der Waals surface area (Å²) in [6.07, 6.45) is 2.86. The summed E-state index contributed by atoms with van der Waals surface area (Å²) in [6.45, 7) is 6.22. The van der Waals surface area contributed by atoms with Crippen LogP contribution in [-0.2, 0) is 11.3 Å². The average Bonchev–Trinajstić information content (AvgIpc) is 3.44. The Hall–Kier alpha value is -3.50. The van der Waals surface area contributed by atoms with Gasteiger partial charge in [-0.15, -0.1) is 10.1 Å². The van der Waals surface area contributed by atoms with Crippen LogP contribution in [0.3, 0.4) is 0 Å². The van der Waals surface area contributed by atoms with Crippen LogP contribution in [0.1, 0.15) is 34.7 Å². The van der Waals surface area contributed by atoms with E-state index in [0.29, 0.717) is 18.3 Å². The van der Waals surface area contributed by atoms with E-state index < -0.39 is 5.09 Å². The Bertz CT molecular complexity index is 1260. The maximum Gasteiger partial charge on any atom is 0.291 e. The van der Waals surface area contributed by atoms with Gasteiger partial charge in [0, 0.05) is 53.3 Å². The van der Waals surface area contributed by atoms with Gasteiger partial charge in [-0.2, -0.15) is 0 Å². The first-order valence-electron chi connectivity index (χ1n) is 10.7. The first-order valence-corrected chi connectivity index (χ1v) is 10.7. The second-order valence-electron chi connectivity index (χ2n) is 8.28. The molecule has 0 bridgehead atoms. The van der Waals surface area contributed by atoms with Crippen molar-refractivity contribution in [1.29, 1.82) is 0 Å². The Morgan fingerprint density at radius 1 is 1.33 bits per heavy atom. The molecule has 2 aromatic heterocycles. The van der Waals surface area contributed by atoms with E-state index in [1.165, 1.54) is 0 Å². The smallest absolute Gasteiger partial charge is 0.291 e. The third-order valence-electron chi connectivity index (χ3n) is 6.35. The van der Waals surface area contributed by atoms with Gasteiger partial charge in [-0.05, 0) is 48.6 Å². The van der Waals surface area contributed by atoms with Crippen molar-refractivity contribution in [2.24, 2.45) is 5.92 Å². The third kappa shape index (κ3) is 4.27. The summed E-state index contributed by atoms with van der Waals surface area (Å²) in [6, 6.07) is 6.52. The van der Waals surface area contributed by atoms with Crippen LogP contribution in [0.2, 0.25) is 0 Å². The molecule has 1 aromatic carbocycles. The molecule has 33 heavy (non-hydrogen) atoms. The van der Waals surface area contributed by atoms with E-state index in [4.69, 9.17) is 24.8 Å². The number of hydrogen-bond acceptors (Lipinski definition) is 7. The molecule has 3 N–H and O–H groups in total. The number of fused-ring (bicyclic) bond motifs is 3. The number of pyridine rings is 2. The predicted molar refractivity (Wildman–Crippen MR) is 121 cm³/mol. The molecule has 2 atom stereocenters. The monoisotopic (exact) mass is 454 g/mol. The Labute approximate surface area is 189 Å². The zero-order valence-electron chi connectivity index (χ0n) is 18.7. The molecule has 10 nitrogen and oxygen atoms in total. The van der Waals surface area contributed by atoms with Crippen LogP contribution in [0.5, 0.6) is 5.88 Å². The fourth-order valence-corrected chi connectivity index (χ4v) is 4.95. The lowest BCUT2D eigenvalue weighted by molar-refractivity contribution is -0.742. The fraction of sp³-hybridized carbons (Fsp3) is 0.391. The SMILES string of the molecule is COc1ncc(C)c(-c2ccc3c4c(c(=O)[nH]c3c2)CN[C@H]4C2CCOC2)c1C.O=[N+]([O-])O. The summed E-state index contributed by atoms with van der Waals surface area (Å²) >= 11 is 0. The standard InChI is InChI=1S/C23H25N3O3.HNO3/c1-12-9-25-23(28-3)13(2)19(12)14-4-5-16-18(8-14)26-22(27)17-10-24-21(20(16)17)15-6-7-29-11-15;2-1(3)4/h4-5,8-9,15,21,24H,6-7,10-11H2,1-3H3,(H,26,27);(H,2,3,4)/t15?,21-;/m0./s1. The lowest BCUT2D eigenvalue weighted by atomic mass is 9.89. The normalized spacial score (nSPS) is 19.1. The van der Waals surface area contributed by atoms with Crippen molar-refractivity contribution in [1.82, 2.24) is 15.3 Å². The molecule has 2 aliphatic rings. The first kappa shape index (κ1) is 22.7. The highest BCUT2D eigenvalue weighted by Crippen LogP contribution is 2.39.